The molecule has 0 saturated heterocycles. The number of hydrogen-bond acceptors (Lipinski definition) is 11. The van der Waals surface area contributed by atoms with Gasteiger partial charge in [-0.05, 0) is 7.05 Å². The van der Waals surface area contributed by atoms with E-state index in [1.807, 2.05) is 20.5 Å². The molecule has 1 unspecified atom stereocenters. The second kappa shape index (κ2) is 86.3. The molecule has 0 aliphatic rings. The Morgan fingerprint density at radius 1 is 0.839 bits per heavy atom. The molecular formula is C13H51B3NO10PSi3. The molecular weight excluding hydrogens is 478 g/mol. The first kappa shape index (κ1) is 58.0. The third kappa shape index (κ3) is 218. The molecule has 0 aliphatic carbocycles. The van der Waals surface area contributed by atoms with Gasteiger partial charge in [0.05, 0.1) is 7.85 Å². The molecule has 0 heterocycles. The van der Waals surface area contributed by atoms with E-state index in [2.05, 4.69) is 71.0 Å². The quantitative estimate of drug-likeness (QED) is 0.195. The molecule has 0 rings (SSSR count). The molecule has 0 saturated carbocycles. The van der Waals surface area contributed by atoms with Crippen LogP contribution in [-0.4, -0.2) is 128 Å². The number of rotatable bonds is 5. The standard InChI is InChI=1S/C2H8O4Si.C2H8O2Si.C2H8Si.C2H6.CH5BO3.CH3BO.CH3B.CH5N.CH5P/c1-5-7(3,4)6-2;1-3-5-4-2;1-3-2;1-2;1-5-2(3)4;1-3-2;3*1-2/h3-4H,1-2H3;5H2,1-2H3;3H2,1-2H3;1-2H3;3-4H,1H3;1H3;1H3;2*2H2,1H3. The van der Waals surface area contributed by atoms with Crippen LogP contribution in [0, 0.1) is 0 Å². The van der Waals surface area contributed by atoms with Crippen molar-refractivity contribution in [3.05, 3.63) is 0 Å². The first-order chi connectivity index (χ1) is 14.6. The fraction of sp³-hybridized carbons (Fsp3) is 1.00. The van der Waals surface area contributed by atoms with Crippen molar-refractivity contribution in [1.29, 1.82) is 0 Å². The highest BCUT2D eigenvalue weighted by molar-refractivity contribution is 7.15. The summed E-state index contributed by atoms with van der Waals surface area (Å²) in [5.41, 5.74) is 4.50. The van der Waals surface area contributed by atoms with Crippen LogP contribution in [-0.2, 0) is 27.0 Å². The maximum atomic E-state index is 8.38. The Balaban J connectivity index is -0.0000000264. The summed E-state index contributed by atoms with van der Waals surface area (Å²) in [6, 6.07) is 0. The molecule has 11 nitrogen and oxygen atoms in total. The van der Waals surface area contributed by atoms with Gasteiger partial charge in [-0.1, -0.05) is 40.4 Å². The molecule has 0 aromatic heterocycles. The van der Waals surface area contributed by atoms with Crippen LogP contribution in [0.3, 0.4) is 0 Å². The number of hydrogen-bond donors (Lipinski definition) is 5. The second-order valence-corrected chi connectivity index (χ2v) is 7.87. The van der Waals surface area contributed by atoms with Gasteiger partial charge in [0.1, 0.15) is 0 Å². The molecule has 0 aliphatic heterocycles. The van der Waals surface area contributed by atoms with Crippen molar-refractivity contribution in [3.63, 3.8) is 0 Å². The lowest BCUT2D eigenvalue weighted by atomic mass is 10.2. The topological polar surface area (TPSA) is 162 Å². The minimum atomic E-state index is -3.65. The lowest BCUT2D eigenvalue weighted by Crippen LogP contribution is -2.40. The van der Waals surface area contributed by atoms with E-state index in [1.165, 1.54) is 42.3 Å². The predicted molar refractivity (Wildman–Crippen MR) is 146 cm³/mol. The van der Waals surface area contributed by atoms with Crippen molar-refractivity contribution >= 4 is 61.0 Å². The molecule has 0 aromatic rings. The highest BCUT2D eigenvalue weighted by atomic mass is 31.0. The summed E-state index contributed by atoms with van der Waals surface area (Å²) in [5.74, 6) is 0. The predicted octanol–water partition coefficient (Wildman–Crippen LogP) is -2.16. The Morgan fingerprint density at radius 2 is 1.00 bits per heavy atom. The van der Waals surface area contributed by atoms with Crippen LogP contribution in [0.5, 0.6) is 0 Å². The van der Waals surface area contributed by atoms with Crippen molar-refractivity contribution in [2.75, 3.05) is 56.4 Å². The van der Waals surface area contributed by atoms with E-state index < -0.39 is 26.4 Å². The summed E-state index contributed by atoms with van der Waals surface area (Å²) >= 11 is 0. The maximum absolute atomic E-state index is 8.38. The Labute approximate surface area is 203 Å². The summed E-state index contributed by atoms with van der Waals surface area (Å²) in [5, 5.41) is 15.4. The van der Waals surface area contributed by atoms with Gasteiger partial charge in [-0.25, -0.2) is 0 Å². The van der Waals surface area contributed by atoms with Gasteiger partial charge in [-0.2, -0.15) is 0 Å². The zero-order valence-electron chi connectivity index (χ0n) is 22.0. The Kier molecular flexibility index (Phi) is 162. The van der Waals surface area contributed by atoms with Crippen molar-refractivity contribution in [2.45, 2.75) is 33.8 Å². The van der Waals surface area contributed by atoms with Gasteiger partial charge in [-0.15, -0.1) is 9.24 Å². The van der Waals surface area contributed by atoms with Crippen LogP contribution in [0.2, 0.25) is 19.9 Å². The van der Waals surface area contributed by atoms with Crippen molar-refractivity contribution in [1.82, 2.24) is 0 Å². The van der Waals surface area contributed by atoms with Gasteiger partial charge in [-0.3, -0.25) is 0 Å². The molecule has 4 radical (unpaired) electrons. The highest BCUT2D eigenvalue weighted by Gasteiger charge is 2.32. The molecule has 0 spiro atoms. The zero-order valence-corrected chi connectivity index (χ0v) is 27.0. The minimum absolute atomic E-state index is 0.417. The fourth-order valence-electron chi connectivity index (χ4n) is 0.201. The van der Waals surface area contributed by atoms with Gasteiger partial charge in [0, 0.05) is 52.2 Å². The monoisotopic (exact) mass is 529 g/mol. The zero-order chi connectivity index (χ0) is 27.7. The molecule has 194 valence electrons. The van der Waals surface area contributed by atoms with Gasteiger partial charge in [0.25, 0.3) is 8.05 Å². The summed E-state index contributed by atoms with van der Waals surface area (Å²) in [6.45, 7) is 11.9. The minimum Gasteiger partial charge on any atom is -0.450 e. The van der Waals surface area contributed by atoms with E-state index in [0.717, 1.165) is 0 Å². The van der Waals surface area contributed by atoms with E-state index >= 15 is 0 Å². The van der Waals surface area contributed by atoms with Crippen LogP contribution in [0.1, 0.15) is 13.8 Å². The van der Waals surface area contributed by atoms with E-state index in [9.17, 15) is 0 Å². The average molecular weight is 529 g/mol. The highest BCUT2D eigenvalue weighted by Crippen LogP contribution is 1.89. The summed E-state index contributed by atoms with van der Waals surface area (Å²) in [7, 11) is 15.6. The van der Waals surface area contributed by atoms with Crippen LogP contribution >= 0.6 is 9.24 Å². The molecule has 6 N–H and O–H groups in total. The van der Waals surface area contributed by atoms with E-state index in [4.69, 9.17) is 19.6 Å². The van der Waals surface area contributed by atoms with Gasteiger partial charge in [0.2, 0.25) is 0 Å². The maximum Gasteiger partial charge on any atom is 0.673 e. The Morgan fingerprint density at radius 3 is 1.00 bits per heavy atom. The second-order valence-electron chi connectivity index (χ2n) is 3.16. The fourth-order valence-corrected chi connectivity index (χ4v) is 0.604. The van der Waals surface area contributed by atoms with E-state index in [-0.39, 0.29) is 0 Å². The molecule has 0 bridgehead atoms. The summed E-state index contributed by atoms with van der Waals surface area (Å²) in [6.07, 6.45) is 0. The average Bonchev–Trinajstić information content (AvgIpc) is 2.81. The summed E-state index contributed by atoms with van der Waals surface area (Å²) < 4.78 is 25.1. The van der Waals surface area contributed by atoms with E-state index in [0.29, 0.717) is 9.52 Å². The van der Waals surface area contributed by atoms with Crippen LogP contribution in [0.25, 0.3) is 0 Å². The lowest BCUT2D eigenvalue weighted by Gasteiger charge is -2.08. The first-order valence-electron chi connectivity index (χ1n) is 9.02. The van der Waals surface area contributed by atoms with Gasteiger partial charge in [0.15, 0.2) is 0 Å². The smallest absolute Gasteiger partial charge is 0.450 e. The van der Waals surface area contributed by atoms with Crippen molar-refractivity contribution in [2.24, 2.45) is 5.73 Å². The molecule has 0 fully saturated rings. The van der Waals surface area contributed by atoms with Crippen LogP contribution < -0.4 is 5.73 Å². The normalized spacial score (nSPS) is 7.19. The third-order valence-electron chi connectivity index (χ3n) is 0.978. The Hall–Kier alpha value is 0.835. The molecule has 0 aromatic carbocycles. The van der Waals surface area contributed by atoms with Crippen LogP contribution in [0.4, 0.5) is 0 Å². The third-order valence-corrected chi connectivity index (χ3v) is 2.51. The van der Waals surface area contributed by atoms with Crippen LogP contribution in [0.15, 0.2) is 0 Å². The first-order valence-corrected chi connectivity index (χ1v) is 15.9. The Bertz CT molecular complexity index is 186. The SMILES string of the molecule is CC.CN.COB(O)O.CO[SiH2]OC.CO[Si](O)(O)OC.CP.C[SiH2]C.[B]C.[B]OC. The largest absolute Gasteiger partial charge is 0.673 e. The van der Waals surface area contributed by atoms with Crippen molar-refractivity contribution in [3.8, 4) is 0 Å². The van der Waals surface area contributed by atoms with Gasteiger partial charge < -0.3 is 52.4 Å². The molecule has 18 heteroatoms. The van der Waals surface area contributed by atoms with Gasteiger partial charge >= 0.3 is 26.4 Å². The molecule has 0 amide bonds. The summed E-state index contributed by atoms with van der Waals surface area (Å²) in [4.78, 5) is 16.8. The van der Waals surface area contributed by atoms with Crippen molar-refractivity contribution < 1.29 is 46.7 Å². The molecule has 1 atom stereocenters. The van der Waals surface area contributed by atoms with E-state index in [1.54, 1.807) is 14.2 Å². The lowest BCUT2D eigenvalue weighted by molar-refractivity contribution is 0.0634. The number of nitrogens with two attached hydrogens (primary N) is 1. The molecule has 31 heavy (non-hydrogen) atoms.